The third kappa shape index (κ3) is 4.19. The molecule has 0 spiro atoms. The second-order valence-electron chi connectivity index (χ2n) is 7.02. The maximum atomic E-state index is 12.5. The zero-order chi connectivity index (χ0) is 22.1. The van der Waals surface area contributed by atoms with E-state index in [1.807, 2.05) is 24.3 Å². The maximum absolute atomic E-state index is 12.5. The lowest BCUT2D eigenvalue weighted by atomic mass is 9.93. The Morgan fingerprint density at radius 1 is 1.29 bits per heavy atom. The number of anilines is 1. The standard InChI is InChI=1S/C21H18ClN5O3S/c1-12-18(13(2)28)19(14-7-5-8-16(10-14)27(29)30)26-20(23-12)24-21(25-26)31-11-15-6-3-4-9-17(15)22/h3-10,19H,11H2,1-2H3,(H,23,24,25). The first kappa shape index (κ1) is 21.1. The largest absolute Gasteiger partial charge is 0.328 e. The Bertz CT molecular complexity index is 1220. The number of benzene rings is 2. The summed E-state index contributed by atoms with van der Waals surface area (Å²) in [5.41, 5.74) is 2.64. The number of non-ortho nitro benzene ring substituents is 1. The molecule has 0 saturated carbocycles. The number of carbonyl (C=O) groups excluding carboxylic acids is 1. The Balaban J connectivity index is 1.72. The number of nitro benzene ring substituents is 1. The van der Waals surface area contributed by atoms with Crippen molar-refractivity contribution in [1.29, 1.82) is 0 Å². The summed E-state index contributed by atoms with van der Waals surface area (Å²) in [6.45, 7) is 3.26. The van der Waals surface area contributed by atoms with Gasteiger partial charge in [0.2, 0.25) is 11.1 Å². The molecule has 0 saturated heterocycles. The summed E-state index contributed by atoms with van der Waals surface area (Å²) in [4.78, 5) is 27.8. The van der Waals surface area contributed by atoms with E-state index in [4.69, 9.17) is 11.6 Å². The number of fused-ring (bicyclic) bond motifs is 1. The molecule has 0 fully saturated rings. The average Bonchev–Trinajstić information content (AvgIpc) is 3.14. The Kier molecular flexibility index (Phi) is 5.79. The maximum Gasteiger partial charge on any atom is 0.269 e. The van der Waals surface area contributed by atoms with Gasteiger partial charge in [0.05, 0.1) is 4.92 Å². The molecule has 0 radical (unpaired) electrons. The van der Waals surface area contributed by atoms with E-state index in [9.17, 15) is 14.9 Å². The van der Waals surface area contributed by atoms with Gasteiger partial charge in [0.15, 0.2) is 5.78 Å². The van der Waals surface area contributed by atoms with Crippen LogP contribution in [0.25, 0.3) is 0 Å². The van der Waals surface area contributed by atoms with Gasteiger partial charge in [-0.05, 0) is 31.0 Å². The highest BCUT2D eigenvalue weighted by Gasteiger charge is 2.33. The summed E-state index contributed by atoms with van der Waals surface area (Å²) in [5.74, 6) is 0.907. The van der Waals surface area contributed by atoms with Crippen LogP contribution in [0.3, 0.4) is 0 Å². The van der Waals surface area contributed by atoms with Crippen molar-refractivity contribution in [3.8, 4) is 0 Å². The first-order valence-corrected chi connectivity index (χ1v) is 10.8. The van der Waals surface area contributed by atoms with E-state index in [1.54, 1.807) is 23.7 Å². The van der Waals surface area contributed by atoms with Crippen LogP contribution in [0.2, 0.25) is 5.02 Å². The summed E-state index contributed by atoms with van der Waals surface area (Å²) >= 11 is 7.66. The summed E-state index contributed by atoms with van der Waals surface area (Å²) in [7, 11) is 0. The molecule has 1 aliphatic rings. The molecule has 4 rings (SSSR count). The van der Waals surface area contributed by atoms with E-state index in [1.165, 1.54) is 30.8 Å². The summed E-state index contributed by atoms with van der Waals surface area (Å²) in [5, 5.41) is 20.2. The molecule has 1 aliphatic heterocycles. The molecule has 1 unspecified atom stereocenters. The zero-order valence-corrected chi connectivity index (χ0v) is 18.3. The van der Waals surface area contributed by atoms with Gasteiger partial charge in [-0.25, -0.2) is 4.68 Å². The topological polar surface area (TPSA) is 103 Å². The second-order valence-corrected chi connectivity index (χ2v) is 8.37. The van der Waals surface area contributed by atoms with E-state index < -0.39 is 11.0 Å². The van der Waals surface area contributed by atoms with Crippen LogP contribution < -0.4 is 5.32 Å². The fraction of sp³-hybridized carbons (Fsp3) is 0.190. The molecule has 0 bridgehead atoms. The van der Waals surface area contributed by atoms with Crippen molar-refractivity contribution >= 4 is 40.8 Å². The third-order valence-corrected chi connectivity index (χ3v) is 6.18. The number of nitrogens with one attached hydrogen (secondary N) is 1. The quantitative estimate of drug-likeness (QED) is 0.316. The predicted octanol–water partition coefficient (Wildman–Crippen LogP) is 5.01. The molecule has 10 heteroatoms. The molecule has 158 valence electrons. The molecular weight excluding hydrogens is 438 g/mol. The number of ketones is 1. The van der Waals surface area contributed by atoms with Crippen LogP contribution in [0.5, 0.6) is 0 Å². The lowest BCUT2D eigenvalue weighted by Gasteiger charge is -2.27. The number of hydrogen-bond donors (Lipinski definition) is 1. The van der Waals surface area contributed by atoms with Crippen LogP contribution >= 0.6 is 23.4 Å². The van der Waals surface area contributed by atoms with Crippen LogP contribution in [-0.4, -0.2) is 25.5 Å². The predicted molar refractivity (Wildman–Crippen MR) is 119 cm³/mol. The summed E-state index contributed by atoms with van der Waals surface area (Å²) in [6, 6.07) is 13.2. The van der Waals surface area contributed by atoms with Crippen molar-refractivity contribution in [2.45, 2.75) is 30.8 Å². The van der Waals surface area contributed by atoms with E-state index in [-0.39, 0.29) is 11.5 Å². The van der Waals surface area contributed by atoms with Gasteiger partial charge in [-0.15, -0.1) is 5.10 Å². The van der Waals surface area contributed by atoms with E-state index in [0.29, 0.717) is 38.7 Å². The normalized spacial score (nSPS) is 15.4. The average molecular weight is 456 g/mol. The van der Waals surface area contributed by atoms with Gasteiger partial charge in [-0.1, -0.05) is 53.7 Å². The van der Waals surface area contributed by atoms with Crippen LogP contribution in [0, 0.1) is 10.1 Å². The number of allylic oxidation sites excluding steroid dienone is 2. The number of aromatic nitrogens is 3. The SMILES string of the molecule is CC(=O)C1=C(C)Nc2nc(SCc3ccccc3Cl)nn2C1c1cccc([N+](=O)[O-])c1. The monoisotopic (exact) mass is 455 g/mol. The number of halogens is 1. The molecule has 0 amide bonds. The van der Waals surface area contributed by atoms with E-state index >= 15 is 0 Å². The molecule has 1 N–H and O–H groups in total. The Morgan fingerprint density at radius 3 is 2.77 bits per heavy atom. The van der Waals surface area contributed by atoms with Crippen molar-refractivity contribution in [3.63, 3.8) is 0 Å². The molecule has 8 nitrogen and oxygen atoms in total. The third-order valence-electron chi connectivity index (χ3n) is 4.92. The first-order chi connectivity index (χ1) is 14.8. The van der Waals surface area contributed by atoms with Crippen LogP contribution in [0.15, 0.2) is 65.0 Å². The Morgan fingerprint density at radius 2 is 2.06 bits per heavy atom. The van der Waals surface area contributed by atoms with Crippen molar-refractivity contribution in [2.24, 2.45) is 0 Å². The highest BCUT2D eigenvalue weighted by Crippen LogP contribution is 2.37. The van der Waals surface area contributed by atoms with Gasteiger partial charge in [0, 0.05) is 34.2 Å². The number of carbonyl (C=O) groups is 1. The minimum atomic E-state index is -0.615. The molecule has 3 aromatic rings. The van der Waals surface area contributed by atoms with Crippen molar-refractivity contribution in [3.05, 3.63) is 86.1 Å². The smallest absolute Gasteiger partial charge is 0.269 e. The Labute approximate surface area is 187 Å². The number of Topliss-reactive ketones (excluding diaryl/α,β-unsaturated/α-hetero) is 1. The van der Waals surface area contributed by atoms with Crippen molar-refractivity contribution in [1.82, 2.24) is 14.8 Å². The van der Waals surface area contributed by atoms with Gasteiger partial charge in [0.25, 0.3) is 5.69 Å². The van der Waals surface area contributed by atoms with E-state index in [0.717, 1.165) is 5.56 Å². The fourth-order valence-corrected chi connectivity index (χ4v) is 4.64. The zero-order valence-electron chi connectivity index (χ0n) is 16.7. The van der Waals surface area contributed by atoms with Gasteiger partial charge < -0.3 is 5.32 Å². The Hall–Kier alpha value is -3.17. The highest BCUT2D eigenvalue weighted by atomic mass is 35.5. The molecule has 1 aromatic heterocycles. The first-order valence-electron chi connectivity index (χ1n) is 9.41. The van der Waals surface area contributed by atoms with Gasteiger partial charge in [0.1, 0.15) is 6.04 Å². The number of nitro groups is 1. The van der Waals surface area contributed by atoms with Crippen LogP contribution in [0.1, 0.15) is 31.0 Å². The number of nitrogens with zero attached hydrogens (tertiary/aromatic N) is 4. The number of rotatable bonds is 6. The molecular formula is C21H18ClN5O3S. The molecule has 0 aliphatic carbocycles. The molecule has 31 heavy (non-hydrogen) atoms. The van der Waals surface area contributed by atoms with Crippen LogP contribution in [0.4, 0.5) is 11.6 Å². The van der Waals surface area contributed by atoms with Gasteiger partial charge in [-0.2, -0.15) is 4.98 Å². The fourth-order valence-electron chi connectivity index (χ4n) is 3.52. The van der Waals surface area contributed by atoms with Gasteiger partial charge >= 0.3 is 0 Å². The highest BCUT2D eigenvalue weighted by molar-refractivity contribution is 7.98. The van der Waals surface area contributed by atoms with Crippen molar-refractivity contribution in [2.75, 3.05) is 5.32 Å². The lowest BCUT2D eigenvalue weighted by Crippen LogP contribution is -2.27. The molecule has 2 heterocycles. The number of thioether (sulfide) groups is 1. The summed E-state index contributed by atoms with van der Waals surface area (Å²) in [6.07, 6.45) is 0. The molecule has 2 aromatic carbocycles. The van der Waals surface area contributed by atoms with Crippen molar-refractivity contribution < 1.29 is 9.72 Å². The minimum absolute atomic E-state index is 0.0495. The summed E-state index contributed by atoms with van der Waals surface area (Å²) < 4.78 is 1.61. The number of hydrogen-bond acceptors (Lipinski definition) is 7. The van der Waals surface area contributed by atoms with Gasteiger partial charge in [-0.3, -0.25) is 14.9 Å². The lowest BCUT2D eigenvalue weighted by molar-refractivity contribution is -0.384. The molecule has 1 atom stereocenters. The minimum Gasteiger partial charge on any atom is -0.328 e. The second kappa shape index (κ2) is 8.52. The van der Waals surface area contributed by atoms with E-state index in [2.05, 4.69) is 15.4 Å². The van der Waals surface area contributed by atoms with Crippen LogP contribution in [-0.2, 0) is 10.5 Å².